The Hall–Kier alpha value is 1.21. The Morgan fingerprint density at radius 1 is 1.43 bits per heavy atom. The molecule has 21 heavy (non-hydrogen) atoms. The quantitative estimate of drug-likeness (QED) is 0.112. The molecule has 2 aliphatic rings. The van der Waals surface area contributed by atoms with Crippen LogP contribution in [0, 0.1) is 0 Å². The Kier molecular flexibility index (Phi) is 6.94. The summed E-state index contributed by atoms with van der Waals surface area (Å²) < 4.78 is 15.8. The fourth-order valence-electron chi connectivity index (χ4n) is 1.92. The second-order valence-corrected chi connectivity index (χ2v) is 25.4. The third kappa shape index (κ3) is 3.83. The van der Waals surface area contributed by atoms with Crippen molar-refractivity contribution in [3.8, 4) is 0 Å². The number of hydrogen-bond donors (Lipinski definition) is 1. The van der Waals surface area contributed by atoms with Gasteiger partial charge in [0.15, 0.2) is 0 Å². The van der Waals surface area contributed by atoms with Crippen molar-refractivity contribution in [1.29, 1.82) is 0 Å². The van der Waals surface area contributed by atoms with Crippen LogP contribution in [0.3, 0.4) is 0 Å². The summed E-state index contributed by atoms with van der Waals surface area (Å²) in [6.07, 6.45) is 2.15. The van der Waals surface area contributed by atoms with Crippen molar-refractivity contribution in [3.63, 3.8) is 0 Å². The summed E-state index contributed by atoms with van der Waals surface area (Å²) in [5.41, 5.74) is 7.86. The van der Waals surface area contributed by atoms with E-state index < -0.39 is 40.2 Å². The van der Waals surface area contributed by atoms with E-state index in [2.05, 4.69) is 56.7 Å². The number of allylic oxidation sites excluding steroid dienone is 2. The van der Waals surface area contributed by atoms with Crippen molar-refractivity contribution in [3.05, 3.63) is 21.2 Å². The summed E-state index contributed by atoms with van der Waals surface area (Å²) in [5, 5.41) is 0. The molecular weight excluding hydrogens is 720 g/mol. The van der Waals surface area contributed by atoms with Gasteiger partial charge in [-0.05, 0) is 0 Å². The molecule has 2 fully saturated rings. The Labute approximate surface area is 159 Å². The van der Waals surface area contributed by atoms with Crippen molar-refractivity contribution >= 4 is 71.9 Å². The third-order valence-corrected chi connectivity index (χ3v) is 32.1. The Morgan fingerprint density at radius 2 is 2.05 bits per heavy atom. The summed E-state index contributed by atoms with van der Waals surface area (Å²) in [6.45, 7) is 16.6. The molecule has 2 unspecified atom stereocenters. The van der Waals surface area contributed by atoms with E-state index in [1.54, 1.807) is 1.52 Å². The molecule has 8 heteroatoms. The molecule has 2 N–H and O–H groups in total. The van der Waals surface area contributed by atoms with E-state index in [1.165, 1.54) is 9.28 Å². The second kappa shape index (κ2) is 7.85. The predicted molar refractivity (Wildman–Crippen MR) is 118 cm³/mol. The molecule has 122 valence electrons. The first-order valence-electron chi connectivity index (χ1n) is 6.38. The molecule has 0 aromatic rings. The second-order valence-electron chi connectivity index (χ2n) is 4.48. The molecule has 2 heterocycles. The summed E-state index contributed by atoms with van der Waals surface area (Å²) in [7, 11) is 0. The molecule has 0 amide bonds. The van der Waals surface area contributed by atoms with E-state index in [-0.39, 0.29) is 34.3 Å². The first-order chi connectivity index (χ1) is 9.99. The molecule has 0 aromatic heterocycles. The number of nitrogens with two attached hydrogens (primary N) is 1. The van der Waals surface area contributed by atoms with Crippen LogP contribution >= 0.6 is 56.9 Å². The van der Waals surface area contributed by atoms with Crippen LogP contribution in [0.1, 0.15) is 27.7 Å². The number of hydrogen-bond acceptors (Lipinski definition) is 4. The minimum absolute atomic E-state index is 0.0533. The summed E-state index contributed by atoms with van der Waals surface area (Å²) >= 11 is -2.44. The summed E-state index contributed by atoms with van der Waals surface area (Å²) in [4.78, 5) is 0. The predicted octanol–water partition coefficient (Wildman–Crippen LogP) is 1.41. The van der Waals surface area contributed by atoms with Gasteiger partial charge in [0.1, 0.15) is 0 Å². The third-order valence-electron chi connectivity index (χ3n) is 3.36. The van der Waals surface area contributed by atoms with Gasteiger partial charge >= 0.3 is 161 Å². The van der Waals surface area contributed by atoms with Crippen LogP contribution in [0.25, 0.3) is 0 Å². The Morgan fingerprint density at radius 3 is 2.43 bits per heavy atom. The monoisotopic (exact) mass is 741 g/mol. The van der Waals surface area contributed by atoms with E-state index in [9.17, 15) is 0 Å². The Bertz CT molecular complexity index is 546. The van der Waals surface area contributed by atoms with Gasteiger partial charge in [-0.15, -0.1) is 0 Å². The van der Waals surface area contributed by atoms with Crippen molar-refractivity contribution in [2.75, 3.05) is 0 Å². The topological polar surface area (TPSA) is 53.7 Å². The van der Waals surface area contributed by atoms with Gasteiger partial charge in [-0.2, -0.15) is 0 Å². The van der Waals surface area contributed by atoms with Crippen LogP contribution in [0.2, 0.25) is 0 Å². The molecular formula is C13H21I4N4-. The van der Waals surface area contributed by atoms with Crippen LogP contribution in [0.5, 0.6) is 0 Å². The van der Waals surface area contributed by atoms with Crippen molar-refractivity contribution < 1.29 is 17.5 Å². The van der Waals surface area contributed by atoms with Gasteiger partial charge in [0, 0.05) is 0 Å². The SMILES string of the molecule is C=N[I-]I=C(/C(C)=C(/N)N1C(=CC)I1N=C)I1C(C)C1C. The molecule has 0 aliphatic carbocycles. The molecule has 0 spiro atoms. The average Bonchev–Trinajstić information content (AvgIpc) is 3.35. The van der Waals surface area contributed by atoms with Gasteiger partial charge in [-0.3, -0.25) is 0 Å². The van der Waals surface area contributed by atoms with Gasteiger partial charge in [0.05, 0.1) is 0 Å². The zero-order valence-corrected chi connectivity index (χ0v) is 21.2. The van der Waals surface area contributed by atoms with Crippen LogP contribution < -0.4 is 23.2 Å². The van der Waals surface area contributed by atoms with E-state index >= 15 is 0 Å². The zero-order valence-electron chi connectivity index (χ0n) is 12.6. The van der Waals surface area contributed by atoms with Crippen LogP contribution in [0.4, 0.5) is 0 Å². The molecule has 4 nitrogen and oxygen atoms in total. The first-order valence-corrected chi connectivity index (χ1v) is 21.3. The summed E-state index contributed by atoms with van der Waals surface area (Å²) in [5.74, 6) is 0.965. The first kappa shape index (κ1) is 18.5. The molecule has 2 saturated heterocycles. The number of alkyl halides is 2. The number of halogens is 4. The Balaban J connectivity index is 2.30. The molecule has 2 aliphatic heterocycles. The normalized spacial score (nSPS) is 31.7. The molecule has 2 rings (SSSR count). The molecule has 0 bridgehead atoms. The van der Waals surface area contributed by atoms with Crippen molar-refractivity contribution in [2.45, 2.75) is 35.5 Å². The van der Waals surface area contributed by atoms with Crippen molar-refractivity contribution in [1.82, 2.24) is 3.11 Å². The van der Waals surface area contributed by atoms with Crippen LogP contribution in [0.15, 0.2) is 27.6 Å². The van der Waals surface area contributed by atoms with Gasteiger partial charge in [0.25, 0.3) is 0 Å². The van der Waals surface area contributed by atoms with E-state index in [0.29, 0.717) is 0 Å². The van der Waals surface area contributed by atoms with Gasteiger partial charge in [-0.25, -0.2) is 0 Å². The van der Waals surface area contributed by atoms with E-state index in [4.69, 9.17) is 5.73 Å². The molecule has 0 aromatic carbocycles. The maximum absolute atomic E-state index is 6.49. The molecule has 2 atom stereocenters. The van der Waals surface area contributed by atoms with Crippen molar-refractivity contribution in [2.24, 2.45) is 12.1 Å². The van der Waals surface area contributed by atoms with Gasteiger partial charge < -0.3 is 0 Å². The standard InChI is InChI=1S/C13H21I4N4/c1-7-11-17(20-6)21(11)13(18)8(2)12(14-15-19-5)16-9(3)10(16)4/h7,9-10H,5-6,18H2,1-4H3/q-1/b11-7?,13-8-. The minimum atomic E-state index is -1.52. The van der Waals surface area contributed by atoms with Crippen LogP contribution in [-0.2, 0) is 0 Å². The average molecular weight is 741 g/mol. The summed E-state index contributed by atoms with van der Waals surface area (Å²) in [6, 6.07) is 0. The molecule has 0 saturated carbocycles. The fraction of sp³-hybridized carbons (Fsp3) is 0.462. The van der Waals surface area contributed by atoms with E-state index in [1.807, 2.05) is 0 Å². The zero-order chi connectivity index (χ0) is 15.7. The van der Waals surface area contributed by atoms with Gasteiger partial charge in [0.2, 0.25) is 0 Å². The maximum atomic E-state index is 6.49. The number of nitrogens with zero attached hydrogens (tertiary/aromatic N) is 3. The van der Waals surface area contributed by atoms with Crippen LogP contribution in [-0.4, -0.2) is 25.9 Å². The van der Waals surface area contributed by atoms with E-state index in [0.717, 1.165) is 13.7 Å². The fourth-order valence-corrected chi connectivity index (χ4v) is 34.3. The number of rotatable bonds is 6. The van der Waals surface area contributed by atoms with Gasteiger partial charge in [-0.1, -0.05) is 0 Å². The molecule has 0 radical (unpaired) electrons.